The summed E-state index contributed by atoms with van der Waals surface area (Å²) < 4.78 is 27.1. The summed E-state index contributed by atoms with van der Waals surface area (Å²) in [7, 11) is -3.57. The summed E-state index contributed by atoms with van der Waals surface area (Å²) in [5, 5.41) is 5.87. The van der Waals surface area contributed by atoms with Crippen LogP contribution in [-0.4, -0.2) is 37.6 Å². The lowest BCUT2D eigenvalue weighted by Gasteiger charge is -2.30. The third kappa shape index (κ3) is 5.78. The van der Waals surface area contributed by atoms with Gasteiger partial charge in [0.2, 0.25) is 15.9 Å². The lowest BCUT2D eigenvalue weighted by molar-refractivity contribution is -0.120. The minimum Gasteiger partial charge on any atom is -0.345 e. The van der Waals surface area contributed by atoms with Crippen molar-refractivity contribution in [1.29, 1.82) is 0 Å². The third-order valence-corrected chi connectivity index (χ3v) is 8.20. The average Bonchev–Trinajstić information content (AvgIpc) is 2.90. The summed E-state index contributed by atoms with van der Waals surface area (Å²) in [6.07, 6.45) is 0.828. The Morgan fingerprint density at radius 3 is 2.09 bits per heavy atom. The summed E-state index contributed by atoms with van der Waals surface area (Å²) in [6, 6.07) is 24.7. The number of rotatable bonds is 7. The second kappa shape index (κ2) is 10.8. The Morgan fingerprint density at radius 2 is 1.43 bits per heavy atom. The quantitative estimate of drug-likeness (QED) is 0.517. The molecule has 0 unspecified atom stereocenters. The predicted octanol–water partition coefficient (Wildman–Crippen LogP) is 4.22. The molecule has 0 bridgehead atoms. The molecule has 3 aromatic carbocycles. The normalized spacial score (nSPS) is 15.8. The van der Waals surface area contributed by atoms with Crippen LogP contribution in [0.25, 0.3) is 0 Å². The third-order valence-electron chi connectivity index (χ3n) is 6.28. The predicted molar refractivity (Wildman–Crippen MR) is 135 cm³/mol. The van der Waals surface area contributed by atoms with Gasteiger partial charge in [0.1, 0.15) is 0 Å². The first-order chi connectivity index (χ1) is 16.9. The Hall–Kier alpha value is -3.49. The monoisotopic (exact) mass is 491 g/mol. The van der Waals surface area contributed by atoms with Crippen LogP contribution in [0.4, 0.5) is 5.69 Å². The van der Waals surface area contributed by atoms with Gasteiger partial charge in [-0.2, -0.15) is 4.31 Å². The number of nitrogens with one attached hydrogen (secondary N) is 2. The maximum atomic E-state index is 13.0. The Morgan fingerprint density at radius 1 is 0.857 bits per heavy atom. The molecular formula is C27H29N3O4S. The van der Waals surface area contributed by atoms with Crippen LogP contribution in [0.5, 0.6) is 0 Å². The number of anilines is 1. The molecule has 1 atom stereocenters. The van der Waals surface area contributed by atoms with Crippen LogP contribution in [-0.2, 0) is 14.8 Å². The first-order valence-electron chi connectivity index (χ1n) is 11.7. The second-order valence-corrected chi connectivity index (χ2v) is 10.6. The standard InChI is InChI=1S/C27H29N3O4S/c1-20(21-10-4-2-5-11-21)28-27(32)24-14-8-9-15-25(24)29-26(31)22-16-18-30(19-17-22)35(33,34)23-12-6-3-7-13-23/h2-15,20,22H,16-19H2,1H3,(H,28,32)(H,29,31)/t20-/m0/s1. The summed E-state index contributed by atoms with van der Waals surface area (Å²) in [5.74, 6) is -0.823. The van der Waals surface area contributed by atoms with Crippen LogP contribution in [0.3, 0.4) is 0 Å². The van der Waals surface area contributed by atoms with Crippen molar-refractivity contribution in [3.8, 4) is 0 Å². The van der Waals surface area contributed by atoms with E-state index < -0.39 is 10.0 Å². The Balaban J connectivity index is 1.38. The van der Waals surface area contributed by atoms with Gasteiger partial charge in [0.05, 0.1) is 22.2 Å². The smallest absolute Gasteiger partial charge is 0.253 e. The van der Waals surface area contributed by atoms with E-state index in [-0.39, 0.29) is 41.8 Å². The molecule has 7 nitrogen and oxygen atoms in total. The number of sulfonamides is 1. The fraction of sp³-hybridized carbons (Fsp3) is 0.259. The average molecular weight is 492 g/mol. The Bertz CT molecular complexity index is 1270. The van der Waals surface area contributed by atoms with E-state index in [1.165, 1.54) is 4.31 Å². The molecule has 0 aliphatic carbocycles. The van der Waals surface area contributed by atoms with Crippen LogP contribution >= 0.6 is 0 Å². The molecule has 35 heavy (non-hydrogen) atoms. The molecule has 3 aromatic rings. The summed E-state index contributed by atoms with van der Waals surface area (Å²) >= 11 is 0. The van der Waals surface area contributed by atoms with E-state index in [9.17, 15) is 18.0 Å². The number of para-hydroxylation sites is 1. The maximum Gasteiger partial charge on any atom is 0.253 e. The number of carbonyl (C=O) groups excluding carboxylic acids is 2. The minimum atomic E-state index is -3.57. The molecule has 1 fully saturated rings. The van der Waals surface area contributed by atoms with Gasteiger partial charge >= 0.3 is 0 Å². The maximum absolute atomic E-state index is 13.0. The zero-order valence-corrected chi connectivity index (χ0v) is 20.4. The molecule has 0 spiro atoms. The number of benzene rings is 3. The fourth-order valence-electron chi connectivity index (χ4n) is 4.22. The number of nitrogens with zero attached hydrogens (tertiary/aromatic N) is 1. The van der Waals surface area contributed by atoms with Crippen molar-refractivity contribution in [2.45, 2.75) is 30.7 Å². The van der Waals surface area contributed by atoms with Crippen molar-refractivity contribution in [2.24, 2.45) is 5.92 Å². The van der Waals surface area contributed by atoms with Crippen molar-refractivity contribution in [2.75, 3.05) is 18.4 Å². The molecule has 8 heteroatoms. The molecule has 0 aromatic heterocycles. The molecule has 4 rings (SSSR count). The topological polar surface area (TPSA) is 95.6 Å². The molecule has 0 radical (unpaired) electrons. The van der Waals surface area contributed by atoms with E-state index in [0.29, 0.717) is 24.1 Å². The summed E-state index contributed by atoms with van der Waals surface area (Å²) in [4.78, 5) is 26.2. The molecular weight excluding hydrogens is 462 g/mol. The van der Waals surface area contributed by atoms with Gasteiger partial charge in [0, 0.05) is 19.0 Å². The van der Waals surface area contributed by atoms with Gasteiger partial charge in [-0.3, -0.25) is 9.59 Å². The van der Waals surface area contributed by atoms with Crippen molar-refractivity contribution >= 4 is 27.5 Å². The highest BCUT2D eigenvalue weighted by molar-refractivity contribution is 7.89. The van der Waals surface area contributed by atoms with Gasteiger partial charge in [-0.15, -0.1) is 0 Å². The van der Waals surface area contributed by atoms with E-state index in [4.69, 9.17) is 0 Å². The number of piperidine rings is 1. The molecule has 1 heterocycles. The van der Waals surface area contributed by atoms with Gasteiger partial charge in [0.25, 0.3) is 5.91 Å². The van der Waals surface area contributed by atoms with Crippen molar-refractivity contribution in [3.63, 3.8) is 0 Å². The van der Waals surface area contributed by atoms with Gasteiger partial charge in [-0.25, -0.2) is 8.42 Å². The molecule has 1 aliphatic heterocycles. The van der Waals surface area contributed by atoms with Crippen molar-refractivity contribution in [1.82, 2.24) is 9.62 Å². The fourth-order valence-corrected chi connectivity index (χ4v) is 5.71. The van der Waals surface area contributed by atoms with Crippen LogP contribution in [0, 0.1) is 5.92 Å². The molecule has 2 amide bonds. The number of hydrogen-bond acceptors (Lipinski definition) is 4. The largest absolute Gasteiger partial charge is 0.345 e. The van der Waals surface area contributed by atoms with Gasteiger partial charge in [-0.1, -0.05) is 60.7 Å². The van der Waals surface area contributed by atoms with E-state index in [1.807, 2.05) is 37.3 Å². The molecule has 182 valence electrons. The van der Waals surface area contributed by atoms with E-state index in [1.54, 1.807) is 54.6 Å². The lowest BCUT2D eigenvalue weighted by atomic mass is 9.97. The minimum absolute atomic E-state index is 0.191. The highest BCUT2D eigenvalue weighted by Gasteiger charge is 2.32. The first kappa shape index (κ1) is 24.6. The van der Waals surface area contributed by atoms with Crippen LogP contribution < -0.4 is 10.6 Å². The zero-order valence-electron chi connectivity index (χ0n) is 19.6. The SMILES string of the molecule is C[C@H](NC(=O)c1ccccc1NC(=O)C1CCN(S(=O)(=O)c2ccccc2)CC1)c1ccccc1. The first-order valence-corrected chi connectivity index (χ1v) is 13.1. The Kier molecular flexibility index (Phi) is 7.63. The summed E-state index contributed by atoms with van der Waals surface area (Å²) in [6.45, 7) is 2.45. The second-order valence-electron chi connectivity index (χ2n) is 8.63. The number of amides is 2. The van der Waals surface area contributed by atoms with Crippen LogP contribution in [0.1, 0.15) is 41.7 Å². The molecule has 1 saturated heterocycles. The van der Waals surface area contributed by atoms with Gasteiger partial charge in [0.15, 0.2) is 0 Å². The van der Waals surface area contributed by atoms with Crippen LogP contribution in [0.15, 0.2) is 89.8 Å². The lowest BCUT2D eigenvalue weighted by Crippen LogP contribution is -2.41. The van der Waals surface area contributed by atoms with E-state index in [0.717, 1.165) is 5.56 Å². The van der Waals surface area contributed by atoms with Crippen molar-refractivity contribution in [3.05, 3.63) is 96.1 Å². The van der Waals surface area contributed by atoms with E-state index in [2.05, 4.69) is 10.6 Å². The van der Waals surface area contributed by atoms with E-state index >= 15 is 0 Å². The number of carbonyl (C=O) groups is 2. The summed E-state index contributed by atoms with van der Waals surface area (Å²) in [5.41, 5.74) is 1.81. The molecule has 2 N–H and O–H groups in total. The highest BCUT2D eigenvalue weighted by Crippen LogP contribution is 2.26. The molecule has 1 aliphatic rings. The van der Waals surface area contributed by atoms with Crippen molar-refractivity contribution < 1.29 is 18.0 Å². The Labute approximate surface area is 206 Å². The van der Waals surface area contributed by atoms with Crippen LogP contribution in [0.2, 0.25) is 0 Å². The highest BCUT2D eigenvalue weighted by atomic mass is 32.2. The molecule has 0 saturated carbocycles. The zero-order chi connectivity index (χ0) is 24.8. The van der Waals surface area contributed by atoms with Gasteiger partial charge in [-0.05, 0) is 49.6 Å². The number of hydrogen-bond donors (Lipinski definition) is 2. The van der Waals surface area contributed by atoms with Gasteiger partial charge < -0.3 is 10.6 Å².